The molecule has 0 saturated carbocycles. The van der Waals surface area contributed by atoms with E-state index in [4.69, 9.17) is 16.3 Å². The molecule has 1 aromatic heterocycles. The van der Waals surface area contributed by atoms with Crippen LogP contribution < -0.4 is 10.1 Å². The highest BCUT2D eigenvalue weighted by Gasteiger charge is 2.35. The summed E-state index contributed by atoms with van der Waals surface area (Å²) in [5, 5.41) is 12.9. The van der Waals surface area contributed by atoms with Gasteiger partial charge in [-0.25, -0.2) is 9.18 Å². The monoisotopic (exact) mass is 431 g/mol. The first kappa shape index (κ1) is 19.4. The minimum atomic E-state index is -1.12. The van der Waals surface area contributed by atoms with Gasteiger partial charge in [0.25, 0.3) is 0 Å². The first-order valence-electron chi connectivity index (χ1n) is 8.68. The molecule has 8 heteroatoms. The lowest BCUT2D eigenvalue weighted by Gasteiger charge is -2.24. The van der Waals surface area contributed by atoms with Gasteiger partial charge in [0, 0.05) is 27.8 Å². The van der Waals surface area contributed by atoms with Crippen molar-refractivity contribution in [2.24, 2.45) is 0 Å². The fraction of sp³-hybridized carbons (Fsp3) is 0.143. The van der Waals surface area contributed by atoms with E-state index in [1.807, 2.05) is 0 Å². The van der Waals surface area contributed by atoms with Crippen LogP contribution >= 0.6 is 22.9 Å². The third kappa shape index (κ3) is 3.47. The molecule has 0 radical (unpaired) electrons. The second kappa shape index (κ2) is 7.50. The second-order valence-electron chi connectivity index (χ2n) is 6.55. The lowest BCUT2D eigenvalue weighted by Crippen LogP contribution is -2.23. The number of rotatable bonds is 4. The van der Waals surface area contributed by atoms with Crippen molar-refractivity contribution in [2.45, 2.75) is 12.3 Å². The number of hydrogen-bond donors (Lipinski definition) is 2. The van der Waals surface area contributed by atoms with E-state index >= 15 is 0 Å². The Balaban J connectivity index is 1.93. The van der Waals surface area contributed by atoms with Gasteiger partial charge in [0.2, 0.25) is 5.91 Å². The standard InChI is InChI=1S/C21H15ClFNO4S/c1-28-12-5-2-10(3-6-12)17-18-19(29-20(17)21(26)27)14(9-16(25)24-18)13-8-11(22)4-7-15(13)23/h2-8,14H,9H2,1H3,(H,24,25)(H,26,27)/t14-/m1/s1. The number of fused-ring (bicyclic) bond motifs is 1. The van der Waals surface area contributed by atoms with Gasteiger partial charge in [-0.05, 0) is 41.5 Å². The summed E-state index contributed by atoms with van der Waals surface area (Å²) in [5.41, 5.74) is 1.69. The molecule has 0 bridgehead atoms. The molecule has 0 spiro atoms. The summed E-state index contributed by atoms with van der Waals surface area (Å²) in [6, 6.07) is 11.0. The van der Waals surface area contributed by atoms with Crippen LogP contribution in [-0.4, -0.2) is 24.1 Å². The van der Waals surface area contributed by atoms with Crippen molar-refractivity contribution in [1.29, 1.82) is 0 Å². The molecule has 0 fully saturated rings. The van der Waals surface area contributed by atoms with Gasteiger partial charge < -0.3 is 15.2 Å². The van der Waals surface area contributed by atoms with Crippen molar-refractivity contribution < 1.29 is 23.8 Å². The third-order valence-electron chi connectivity index (χ3n) is 4.81. The summed E-state index contributed by atoms with van der Waals surface area (Å²) in [4.78, 5) is 25.1. The minimum absolute atomic E-state index is 0.00584. The van der Waals surface area contributed by atoms with Crippen LogP contribution in [0.3, 0.4) is 0 Å². The lowest BCUT2D eigenvalue weighted by molar-refractivity contribution is -0.116. The average Bonchev–Trinajstić information content (AvgIpc) is 3.09. The molecule has 4 rings (SSSR count). The van der Waals surface area contributed by atoms with Crippen molar-refractivity contribution in [3.63, 3.8) is 0 Å². The summed E-state index contributed by atoms with van der Waals surface area (Å²) in [6.45, 7) is 0. The fourth-order valence-corrected chi connectivity index (χ4v) is 4.92. The lowest BCUT2D eigenvalue weighted by atomic mass is 9.88. The van der Waals surface area contributed by atoms with E-state index in [0.29, 0.717) is 32.5 Å². The van der Waals surface area contributed by atoms with Crippen LogP contribution in [0.4, 0.5) is 10.1 Å². The number of hydrogen-bond acceptors (Lipinski definition) is 4. The molecule has 5 nitrogen and oxygen atoms in total. The largest absolute Gasteiger partial charge is 0.497 e. The maximum atomic E-state index is 14.5. The van der Waals surface area contributed by atoms with Gasteiger partial charge in [-0.2, -0.15) is 0 Å². The number of benzene rings is 2. The van der Waals surface area contributed by atoms with Crippen LogP contribution in [0.15, 0.2) is 42.5 Å². The first-order valence-corrected chi connectivity index (χ1v) is 9.87. The zero-order valence-electron chi connectivity index (χ0n) is 15.2. The number of carbonyl (C=O) groups is 2. The highest BCUT2D eigenvalue weighted by Crippen LogP contribution is 2.50. The van der Waals surface area contributed by atoms with E-state index in [2.05, 4.69) is 5.32 Å². The number of carboxylic acid groups (broad SMARTS) is 1. The summed E-state index contributed by atoms with van der Waals surface area (Å²) in [6.07, 6.45) is 0.00584. The fourth-order valence-electron chi connectivity index (χ4n) is 3.50. The molecule has 1 aliphatic heterocycles. The predicted octanol–water partition coefficient (Wildman–Crippen LogP) is 5.39. The van der Waals surface area contributed by atoms with Crippen LogP contribution in [0.5, 0.6) is 5.75 Å². The number of ether oxygens (including phenoxy) is 1. The quantitative estimate of drug-likeness (QED) is 0.580. The van der Waals surface area contributed by atoms with Gasteiger partial charge in [-0.15, -0.1) is 11.3 Å². The molecule has 2 N–H and O–H groups in total. The SMILES string of the molecule is COc1ccc(-c2c(C(=O)O)sc3c2NC(=O)C[C@@H]3c2cc(Cl)ccc2F)cc1. The summed E-state index contributed by atoms with van der Waals surface area (Å²) < 4.78 is 19.7. The maximum Gasteiger partial charge on any atom is 0.346 e. The Morgan fingerprint density at radius 2 is 2.00 bits per heavy atom. The highest BCUT2D eigenvalue weighted by atomic mass is 35.5. The zero-order valence-corrected chi connectivity index (χ0v) is 16.7. The topological polar surface area (TPSA) is 75.6 Å². The maximum absolute atomic E-state index is 14.5. The van der Waals surface area contributed by atoms with Crippen LogP contribution in [0.1, 0.15) is 32.5 Å². The number of thiophene rings is 1. The van der Waals surface area contributed by atoms with Crippen molar-refractivity contribution in [3.8, 4) is 16.9 Å². The number of methoxy groups -OCH3 is 1. The zero-order chi connectivity index (χ0) is 20.7. The van der Waals surface area contributed by atoms with Crippen molar-refractivity contribution in [1.82, 2.24) is 0 Å². The van der Waals surface area contributed by atoms with Gasteiger partial charge >= 0.3 is 5.97 Å². The molecular formula is C21H15ClFNO4S. The summed E-state index contributed by atoms with van der Waals surface area (Å²) >= 11 is 7.08. The second-order valence-corrected chi connectivity index (χ2v) is 8.04. The molecule has 1 amide bonds. The molecule has 0 aliphatic carbocycles. The molecule has 3 aromatic rings. The van der Waals surface area contributed by atoms with Crippen molar-refractivity contribution >= 4 is 40.5 Å². The number of amides is 1. The highest BCUT2D eigenvalue weighted by molar-refractivity contribution is 7.15. The van der Waals surface area contributed by atoms with E-state index in [1.54, 1.807) is 24.3 Å². The van der Waals surface area contributed by atoms with Crippen LogP contribution in [0, 0.1) is 5.82 Å². The van der Waals surface area contributed by atoms with Crippen LogP contribution in [-0.2, 0) is 4.79 Å². The van der Waals surface area contributed by atoms with E-state index in [0.717, 1.165) is 11.3 Å². The number of carbonyl (C=O) groups excluding carboxylic acids is 1. The molecule has 0 unspecified atom stereocenters. The molecule has 1 atom stereocenters. The smallest absolute Gasteiger partial charge is 0.346 e. The number of halogens is 2. The minimum Gasteiger partial charge on any atom is -0.497 e. The molecule has 148 valence electrons. The Bertz CT molecular complexity index is 1130. The van der Waals surface area contributed by atoms with Gasteiger partial charge in [0.15, 0.2) is 0 Å². The summed E-state index contributed by atoms with van der Waals surface area (Å²) in [7, 11) is 1.54. The average molecular weight is 432 g/mol. The molecule has 0 saturated heterocycles. The molecular weight excluding hydrogens is 417 g/mol. The Hall–Kier alpha value is -2.90. The normalized spacial score (nSPS) is 15.6. The van der Waals surface area contributed by atoms with E-state index in [1.165, 1.54) is 25.3 Å². The Morgan fingerprint density at radius 3 is 2.66 bits per heavy atom. The van der Waals surface area contributed by atoms with Crippen LogP contribution in [0.25, 0.3) is 11.1 Å². The van der Waals surface area contributed by atoms with E-state index in [-0.39, 0.29) is 22.8 Å². The predicted molar refractivity (Wildman–Crippen MR) is 110 cm³/mol. The van der Waals surface area contributed by atoms with Crippen molar-refractivity contribution in [3.05, 3.63) is 68.6 Å². The van der Waals surface area contributed by atoms with Gasteiger partial charge in [-0.3, -0.25) is 4.79 Å². The number of anilines is 1. The van der Waals surface area contributed by atoms with Gasteiger partial charge in [0.1, 0.15) is 16.4 Å². The van der Waals surface area contributed by atoms with Crippen LogP contribution in [0.2, 0.25) is 5.02 Å². The molecule has 2 heterocycles. The number of carboxylic acids is 1. The number of aromatic carboxylic acids is 1. The van der Waals surface area contributed by atoms with Gasteiger partial charge in [-0.1, -0.05) is 23.7 Å². The van der Waals surface area contributed by atoms with Gasteiger partial charge in [0.05, 0.1) is 12.8 Å². The molecule has 29 heavy (non-hydrogen) atoms. The van der Waals surface area contributed by atoms with Crippen molar-refractivity contribution in [2.75, 3.05) is 12.4 Å². The number of nitrogens with one attached hydrogen (secondary N) is 1. The third-order valence-corrected chi connectivity index (χ3v) is 6.34. The Kier molecular flexibility index (Phi) is 5.02. The first-order chi connectivity index (χ1) is 13.9. The Labute approximate surface area is 174 Å². The Morgan fingerprint density at radius 1 is 1.28 bits per heavy atom. The summed E-state index contributed by atoms with van der Waals surface area (Å²) in [5.74, 6) is -1.91. The molecule has 1 aliphatic rings. The molecule has 2 aromatic carbocycles. The van der Waals surface area contributed by atoms with E-state index in [9.17, 15) is 19.1 Å². The van der Waals surface area contributed by atoms with E-state index < -0.39 is 17.7 Å².